The predicted molar refractivity (Wildman–Crippen MR) is 81.8 cm³/mol. The zero-order valence-electron chi connectivity index (χ0n) is 11.9. The standard InChI is InChI=1S/C16H22BrF2N/c1-2-8-20-10-12-5-3-4-11(12)9-13-15(18)7-6-14(17)16(13)19/h6-7,11-12,20H,2-5,8-10H2,1H3. The third-order valence-electron chi connectivity index (χ3n) is 4.26. The van der Waals surface area contributed by atoms with Gasteiger partial charge in [-0.2, -0.15) is 0 Å². The van der Waals surface area contributed by atoms with Gasteiger partial charge in [-0.05, 0) is 78.7 Å². The van der Waals surface area contributed by atoms with E-state index in [1.165, 1.54) is 25.0 Å². The molecule has 1 aliphatic carbocycles. The van der Waals surface area contributed by atoms with Crippen LogP contribution in [0.15, 0.2) is 16.6 Å². The van der Waals surface area contributed by atoms with E-state index in [0.29, 0.717) is 22.7 Å². The summed E-state index contributed by atoms with van der Waals surface area (Å²) in [6.45, 7) is 4.13. The van der Waals surface area contributed by atoms with Crippen molar-refractivity contribution in [3.8, 4) is 0 Å². The molecule has 0 bridgehead atoms. The summed E-state index contributed by atoms with van der Waals surface area (Å²) in [5, 5.41) is 3.44. The van der Waals surface area contributed by atoms with Crippen LogP contribution in [0.1, 0.15) is 38.2 Å². The fourth-order valence-corrected chi connectivity index (χ4v) is 3.51. The predicted octanol–water partition coefficient (Wildman–Crippen LogP) is 4.69. The lowest BCUT2D eigenvalue weighted by Gasteiger charge is -2.21. The zero-order chi connectivity index (χ0) is 14.5. The molecule has 0 spiro atoms. The molecule has 1 fully saturated rings. The van der Waals surface area contributed by atoms with Crippen LogP contribution in [-0.2, 0) is 6.42 Å². The summed E-state index contributed by atoms with van der Waals surface area (Å²) in [5.41, 5.74) is 0.242. The molecule has 4 heteroatoms. The second kappa shape index (κ2) is 7.51. The van der Waals surface area contributed by atoms with Gasteiger partial charge in [0.05, 0.1) is 4.47 Å². The summed E-state index contributed by atoms with van der Waals surface area (Å²) in [7, 11) is 0. The van der Waals surface area contributed by atoms with Gasteiger partial charge in [0, 0.05) is 5.56 Å². The van der Waals surface area contributed by atoms with Crippen molar-refractivity contribution in [3.05, 3.63) is 33.8 Å². The van der Waals surface area contributed by atoms with Crippen LogP contribution in [-0.4, -0.2) is 13.1 Å². The van der Waals surface area contributed by atoms with Gasteiger partial charge in [-0.3, -0.25) is 0 Å². The number of hydrogen-bond donors (Lipinski definition) is 1. The Kier molecular flexibility index (Phi) is 5.97. The molecule has 112 valence electrons. The molecule has 1 aliphatic rings. The minimum Gasteiger partial charge on any atom is -0.316 e. The van der Waals surface area contributed by atoms with E-state index in [-0.39, 0.29) is 5.56 Å². The summed E-state index contributed by atoms with van der Waals surface area (Å²) < 4.78 is 28.2. The smallest absolute Gasteiger partial charge is 0.143 e. The first-order valence-electron chi connectivity index (χ1n) is 7.46. The van der Waals surface area contributed by atoms with Crippen molar-refractivity contribution in [2.45, 2.75) is 39.0 Å². The van der Waals surface area contributed by atoms with Gasteiger partial charge in [-0.15, -0.1) is 0 Å². The molecule has 1 nitrogen and oxygen atoms in total. The molecule has 0 aliphatic heterocycles. The van der Waals surface area contributed by atoms with Gasteiger partial charge < -0.3 is 5.32 Å². The Bertz CT molecular complexity index is 450. The van der Waals surface area contributed by atoms with E-state index in [0.717, 1.165) is 25.9 Å². The summed E-state index contributed by atoms with van der Waals surface area (Å²) in [6, 6.07) is 2.78. The third kappa shape index (κ3) is 3.79. The van der Waals surface area contributed by atoms with E-state index >= 15 is 0 Å². The fourth-order valence-electron chi connectivity index (χ4n) is 3.13. The molecule has 0 aromatic heterocycles. The Morgan fingerprint density at radius 3 is 2.75 bits per heavy atom. The van der Waals surface area contributed by atoms with Crippen molar-refractivity contribution in [3.63, 3.8) is 0 Å². The van der Waals surface area contributed by atoms with Gasteiger partial charge in [-0.1, -0.05) is 13.3 Å². The summed E-state index contributed by atoms with van der Waals surface area (Å²) in [4.78, 5) is 0. The van der Waals surface area contributed by atoms with Crippen LogP contribution in [0.3, 0.4) is 0 Å². The number of halogens is 3. The maximum Gasteiger partial charge on any atom is 0.143 e. The number of nitrogens with one attached hydrogen (secondary N) is 1. The second-order valence-electron chi connectivity index (χ2n) is 5.68. The molecule has 20 heavy (non-hydrogen) atoms. The maximum absolute atomic E-state index is 14.0. The van der Waals surface area contributed by atoms with Crippen molar-refractivity contribution in [2.24, 2.45) is 11.8 Å². The highest BCUT2D eigenvalue weighted by atomic mass is 79.9. The molecule has 2 rings (SSSR count). The Morgan fingerprint density at radius 2 is 2.00 bits per heavy atom. The van der Waals surface area contributed by atoms with Gasteiger partial charge in [0.1, 0.15) is 11.6 Å². The highest BCUT2D eigenvalue weighted by molar-refractivity contribution is 9.10. The molecular formula is C16H22BrF2N. The van der Waals surface area contributed by atoms with Crippen molar-refractivity contribution in [1.29, 1.82) is 0 Å². The third-order valence-corrected chi connectivity index (χ3v) is 4.87. The molecule has 1 saturated carbocycles. The lowest BCUT2D eigenvalue weighted by molar-refractivity contribution is 0.356. The van der Waals surface area contributed by atoms with Crippen molar-refractivity contribution < 1.29 is 8.78 Å². The molecular weight excluding hydrogens is 324 g/mol. The monoisotopic (exact) mass is 345 g/mol. The number of rotatable bonds is 6. The van der Waals surface area contributed by atoms with Crippen LogP contribution in [0.2, 0.25) is 0 Å². The molecule has 0 amide bonds. The minimum absolute atomic E-state index is 0.242. The van der Waals surface area contributed by atoms with Crippen molar-refractivity contribution >= 4 is 15.9 Å². The summed E-state index contributed by atoms with van der Waals surface area (Å²) >= 11 is 3.14. The number of benzene rings is 1. The maximum atomic E-state index is 14.0. The van der Waals surface area contributed by atoms with Crippen LogP contribution in [0, 0.1) is 23.5 Å². The molecule has 2 unspecified atom stereocenters. The Morgan fingerprint density at radius 1 is 1.25 bits per heavy atom. The largest absolute Gasteiger partial charge is 0.316 e. The second-order valence-corrected chi connectivity index (χ2v) is 6.54. The molecule has 0 radical (unpaired) electrons. The van der Waals surface area contributed by atoms with E-state index in [9.17, 15) is 8.78 Å². The van der Waals surface area contributed by atoms with Gasteiger partial charge in [-0.25, -0.2) is 8.78 Å². The van der Waals surface area contributed by atoms with Gasteiger partial charge in [0.25, 0.3) is 0 Å². The van der Waals surface area contributed by atoms with E-state index in [4.69, 9.17) is 0 Å². The quantitative estimate of drug-likeness (QED) is 0.582. The van der Waals surface area contributed by atoms with Crippen LogP contribution >= 0.6 is 15.9 Å². The van der Waals surface area contributed by atoms with Gasteiger partial charge >= 0.3 is 0 Å². The lowest BCUT2D eigenvalue weighted by atomic mass is 9.89. The van der Waals surface area contributed by atoms with Crippen molar-refractivity contribution in [1.82, 2.24) is 5.32 Å². The number of hydrogen-bond acceptors (Lipinski definition) is 1. The molecule has 1 aromatic carbocycles. The molecule has 2 atom stereocenters. The van der Waals surface area contributed by atoms with Crippen LogP contribution < -0.4 is 5.32 Å². The molecule has 1 aromatic rings. The van der Waals surface area contributed by atoms with E-state index < -0.39 is 11.6 Å². The highest BCUT2D eigenvalue weighted by Gasteiger charge is 2.29. The first-order chi connectivity index (χ1) is 9.63. The van der Waals surface area contributed by atoms with Crippen LogP contribution in [0.25, 0.3) is 0 Å². The van der Waals surface area contributed by atoms with Gasteiger partial charge in [0.15, 0.2) is 0 Å². The van der Waals surface area contributed by atoms with E-state index in [2.05, 4.69) is 28.2 Å². The summed E-state index contributed by atoms with van der Waals surface area (Å²) in [5.74, 6) is 0.0759. The van der Waals surface area contributed by atoms with Crippen LogP contribution in [0.5, 0.6) is 0 Å². The fraction of sp³-hybridized carbons (Fsp3) is 0.625. The Labute approximate surface area is 128 Å². The van der Waals surface area contributed by atoms with E-state index in [1.807, 2.05) is 0 Å². The average molecular weight is 346 g/mol. The topological polar surface area (TPSA) is 12.0 Å². The Hall–Kier alpha value is -0.480. The first kappa shape index (κ1) is 15.9. The SMILES string of the molecule is CCCNCC1CCCC1Cc1c(F)ccc(Br)c1F. The lowest BCUT2D eigenvalue weighted by Crippen LogP contribution is -2.27. The zero-order valence-corrected chi connectivity index (χ0v) is 13.5. The van der Waals surface area contributed by atoms with E-state index in [1.54, 1.807) is 0 Å². The average Bonchev–Trinajstić information content (AvgIpc) is 2.87. The van der Waals surface area contributed by atoms with Crippen LogP contribution in [0.4, 0.5) is 8.78 Å². The summed E-state index contributed by atoms with van der Waals surface area (Å²) in [6.07, 6.45) is 5.03. The molecule has 1 N–H and O–H groups in total. The van der Waals surface area contributed by atoms with Crippen molar-refractivity contribution in [2.75, 3.05) is 13.1 Å². The minimum atomic E-state index is -0.433. The Balaban J connectivity index is 2.03. The first-order valence-corrected chi connectivity index (χ1v) is 8.25. The molecule has 0 saturated heterocycles. The highest BCUT2D eigenvalue weighted by Crippen LogP contribution is 2.35. The normalized spacial score (nSPS) is 22.4. The van der Waals surface area contributed by atoms with Gasteiger partial charge in [0.2, 0.25) is 0 Å². The molecule has 0 heterocycles.